The van der Waals surface area contributed by atoms with Gasteiger partial charge in [0.05, 0.1) is 68.5 Å². The van der Waals surface area contributed by atoms with Crippen molar-refractivity contribution in [2.75, 3.05) is 0 Å². The summed E-state index contributed by atoms with van der Waals surface area (Å²) < 4.78 is 0. The van der Waals surface area contributed by atoms with E-state index in [-0.39, 0.29) is 56.5 Å². The maximum atomic E-state index is 11.0. The molecule has 22 heteroatoms. The van der Waals surface area contributed by atoms with E-state index >= 15 is 0 Å². The van der Waals surface area contributed by atoms with Crippen LogP contribution in [-0.4, -0.2) is 75.9 Å². The third kappa shape index (κ3) is 13.9. The van der Waals surface area contributed by atoms with Crippen molar-refractivity contribution in [3.05, 3.63) is 204 Å². The second-order valence-corrected chi connectivity index (χ2v) is 14.6. The summed E-state index contributed by atoms with van der Waals surface area (Å²) in [5.41, 5.74) is 3.27. The Hall–Kier alpha value is -9.40. The Bertz CT molecular complexity index is 3310. The molecule has 0 amide bonds. The number of benzene rings is 4. The van der Waals surface area contributed by atoms with Crippen molar-refractivity contribution in [3.8, 4) is 22.3 Å². The zero-order valence-electron chi connectivity index (χ0n) is 37.7. The fourth-order valence-corrected chi connectivity index (χ4v) is 6.89. The van der Waals surface area contributed by atoms with E-state index in [2.05, 4.69) is 78.4 Å². The number of carbonyl (C=O) groups is 6. The molecule has 2 radical (unpaired) electrons. The van der Waals surface area contributed by atoms with Gasteiger partial charge in [-0.25, -0.2) is 9.59 Å². The van der Waals surface area contributed by atoms with Crippen LogP contribution in [0.3, 0.4) is 0 Å². The minimum atomic E-state index is -1.62. The fraction of sp³-hybridized carbons (Fsp3) is 0. The van der Waals surface area contributed by atoms with Crippen LogP contribution in [0, 0.1) is 0 Å². The molecule has 8 N–H and O–H groups in total. The Morgan fingerprint density at radius 2 is 0.622 bits per heavy atom. The Balaban J connectivity index is 0.000000259. The van der Waals surface area contributed by atoms with Crippen LogP contribution in [-0.2, 0) is 45.1 Å². The number of hydrogen-bond acceptors (Lipinski definition) is 16. The van der Waals surface area contributed by atoms with Gasteiger partial charge >= 0.3 is 46.1 Å². The van der Waals surface area contributed by atoms with Gasteiger partial charge in [-0.3, -0.25) is 29.9 Å². The van der Waals surface area contributed by atoms with Gasteiger partial charge < -0.3 is 60.8 Å². The summed E-state index contributed by atoms with van der Waals surface area (Å²) in [7, 11) is 0. The van der Waals surface area contributed by atoms with E-state index in [0.29, 0.717) is 22.3 Å². The molecule has 0 spiro atoms. The monoisotopic (exact) mass is 1080 g/mol. The first kappa shape index (κ1) is 58.9. The summed E-state index contributed by atoms with van der Waals surface area (Å²) in [4.78, 5) is 89.6. The van der Waals surface area contributed by atoms with Gasteiger partial charge in [-0.15, -0.1) is 0 Å². The normalized spacial score (nSPS) is 9.84. The number of nitrogens with zero attached hydrogens (tertiary/aromatic N) is 6. The molecule has 10 aromatic rings. The van der Waals surface area contributed by atoms with Crippen molar-refractivity contribution in [1.29, 1.82) is 0 Å². The third-order valence-corrected chi connectivity index (χ3v) is 10.2. The van der Waals surface area contributed by atoms with E-state index in [9.17, 15) is 49.2 Å². The molecule has 0 aliphatic rings. The van der Waals surface area contributed by atoms with Crippen LogP contribution in [0.25, 0.3) is 65.9 Å². The van der Waals surface area contributed by atoms with E-state index in [1.165, 1.54) is 48.8 Å². The van der Waals surface area contributed by atoms with Gasteiger partial charge in [0.2, 0.25) is 0 Å². The molecule has 74 heavy (non-hydrogen) atoms. The Morgan fingerprint density at radius 1 is 0.338 bits per heavy atom. The Morgan fingerprint density at radius 3 is 0.851 bits per heavy atom. The minimum absolute atomic E-state index is 0. The maximum Gasteiger partial charge on any atom is 2.00 e. The number of aromatic carboxylic acids is 6. The zero-order chi connectivity index (χ0) is 49.9. The number of aromatic nitrogens is 6. The number of hydrogen-bond donors (Lipinski definition) is 2. The van der Waals surface area contributed by atoms with E-state index in [0.717, 1.165) is 67.9 Å². The van der Waals surface area contributed by atoms with Crippen LogP contribution in [0.1, 0.15) is 62.4 Å². The van der Waals surface area contributed by atoms with Crippen molar-refractivity contribution >= 4 is 79.4 Å². The molecule has 6 heterocycles. The van der Waals surface area contributed by atoms with Crippen LogP contribution < -0.4 is 20.4 Å². The van der Waals surface area contributed by atoms with E-state index in [1.807, 2.05) is 24.3 Å². The van der Waals surface area contributed by atoms with Crippen LogP contribution in [0.15, 0.2) is 171 Å². The van der Waals surface area contributed by atoms with Crippen LogP contribution in [0.4, 0.5) is 0 Å². The van der Waals surface area contributed by atoms with Crippen molar-refractivity contribution < 1.29 is 104 Å². The van der Waals surface area contributed by atoms with Gasteiger partial charge in [-0.2, -0.15) is 0 Å². The molecule has 0 aliphatic carbocycles. The van der Waals surface area contributed by atoms with Crippen LogP contribution in [0.5, 0.6) is 0 Å². The summed E-state index contributed by atoms with van der Waals surface area (Å²) in [5, 5.41) is 65.5. The van der Waals surface area contributed by atoms with Gasteiger partial charge in [0.15, 0.2) is 0 Å². The quantitative estimate of drug-likeness (QED) is 0.125. The first-order valence-corrected chi connectivity index (χ1v) is 20.4. The van der Waals surface area contributed by atoms with Gasteiger partial charge in [0, 0.05) is 81.0 Å². The Kier molecular flexibility index (Phi) is 21.3. The van der Waals surface area contributed by atoms with Gasteiger partial charge in [0.25, 0.3) is 0 Å². The number of rotatable bonds is 8. The van der Waals surface area contributed by atoms with E-state index < -0.39 is 58.1 Å². The van der Waals surface area contributed by atoms with E-state index in [4.69, 9.17) is 10.2 Å². The average molecular weight is 1080 g/mol. The molecule has 0 saturated heterocycles. The van der Waals surface area contributed by atoms with Crippen molar-refractivity contribution in [1.82, 2.24) is 29.9 Å². The summed E-state index contributed by atoms with van der Waals surface area (Å²) in [6.45, 7) is 0. The SMILES string of the molecule is O=C([O-])c1ccc(-c2ccc(C(=O)O)c(C(=O)[O-])c2)cn1.O=C([O-])c1ccc(-c2ccc(C(=O)O)c(C(=O)[O-])c2)cn1.[Mn+2].[Mn+2].[OH3+].[OH3+].c1cnc2c(c1)ccc1cccnc12.c1cnc2c(c1)ccc1cccnc12. The minimum Gasteiger partial charge on any atom is -0.545 e. The molecule has 0 aliphatic heterocycles. The topological polar surface area (TPSA) is 378 Å². The smallest absolute Gasteiger partial charge is 0.545 e. The molecule has 370 valence electrons. The molecule has 0 atom stereocenters. The third-order valence-electron chi connectivity index (χ3n) is 10.2. The molecule has 0 fully saturated rings. The largest absolute Gasteiger partial charge is 2.00 e. The first-order valence-electron chi connectivity index (χ1n) is 20.4. The molecule has 0 bridgehead atoms. The van der Waals surface area contributed by atoms with Gasteiger partial charge in [0.1, 0.15) is 0 Å². The van der Waals surface area contributed by atoms with Crippen molar-refractivity contribution in [2.45, 2.75) is 0 Å². The second kappa shape index (κ2) is 26.7. The fourth-order valence-electron chi connectivity index (χ4n) is 6.89. The number of carboxylic acids is 6. The molecular formula is C52H36Mn2N6O14+2. The van der Waals surface area contributed by atoms with Crippen LogP contribution in [0.2, 0.25) is 0 Å². The van der Waals surface area contributed by atoms with Crippen molar-refractivity contribution in [2.24, 2.45) is 0 Å². The number of pyridine rings is 6. The summed E-state index contributed by atoms with van der Waals surface area (Å²) >= 11 is 0. The molecule has 20 nitrogen and oxygen atoms in total. The molecule has 4 aromatic carbocycles. The Labute approximate surface area is 438 Å². The zero-order valence-corrected chi connectivity index (χ0v) is 40.1. The second-order valence-electron chi connectivity index (χ2n) is 14.6. The van der Waals surface area contributed by atoms with Gasteiger partial charge in [-0.05, 0) is 71.8 Å². The van der Waals surface area contributed by atoms with Crippen molar-refractivity contribution in [3.63, 3.8) is 0 Å². The molecule has 0 saturated carbocycles. The molecule has 0 unspecified atom stereocenters. The molecular weight excluding hydrogens is 1040 g/mol. The molecule has 10 rings (SSSR count). The van der Waals surface area contributed by atoms with E-state index in [1.54, 1.807) is 24.8 Å². The maximum absolute atomic E-state index is 11.0. The standard InChI is InChI=1S/2C14H9NO6.2C12H8N2.2Mn.2H2O/c2*16-12(17)9-3-1-7(5-10(9)13(18)19)8-2-4-11(14(20)21)15-6-8;2*1-3-9-5-6-10-4-2-8-14-12(10)11(9)13-7-1;;;;/h2*1-6H,(H,16,17)(H,18,19)(H,20,21);2*1-8H;;;2*1H2/q;;;;2*+2;;/p-2. The first-order chi connectivity index (χ1) is 33.7. The summed E-state index contributed by atoms with van der Waals surface area (Å²) in [5.74, 6) is -8.86. The summed E-state index contributed by atoms with van der Waals surface area (Å²) in [6.07, 6.45) is 9.65. The summed E-state index contributed by atoms with van der Waals surface area (Å²) in [6, 6.07) is 36.8. The molecule has 6 aromatic heterocycles. The predicted molar refractivity (Wildman–Crippen MR) is 254 cm³/mol. The number of fused-ring (bicyclic) bond motifs is 6. The van der Waals surface area contributed by atoms with Gasteiger partial charge in [-0.1, -0.05) is 72.8 Å². The number of carbonyl (C=O) groups excluding carboxylic acids is 4. The van der Waals surface area contributed by atoms with Crippen LogP contribution >= 0.6 is 0 Å². The average Bonchev–Trinajstić information content (AvgIpc) is 3.38. The predicted octanol–water partition coefficient (Wildman–Crippen LogP) is 2.06. The number of carboxylic acid groups (broad SMARTS) is 6.